The van der Waals surface area contributed by atoms with E-state index in [0.717, 1.165) is 32.1 Å². The summed E-state index contributed by atoms with van der Waals surface area (Å²) >= 11 is 0. The highest BCUT2D eigenvalue weighted by Crippen LogP contribution is 2.65. The first kappa shape index (κ1) is 37.2. The molecule has 0 aromatic heterocycles. The number of carbonyl (C=O) groups excluding carboxylic acids is 6. The third-order valence-electron chi connectivity index (χ3n) is 10.3. The summed E-state index contributed by atoms with van der Waals surface area (Å²) in [5, 5.41) is 11.1. The van der Waals surface area contributed by atoms with Gasteiger partial charge in [-0.3, -0.25) is 24.0 Å². The maximum atomic E-state index is 14.3. The lowest BCUT2D eigenvalue weighted by Gasteiger charge is -2.38. The molecule has 0 aromatic carbocycles. The molecule has 1 aliphatic heterocycles. The largest absolute Gasteiger partial charge is 0.346 e. The quantitative estimate of drug-likeness (QED) is 0.168. The molecule has 2 aliphatic carbocycles. The molecule has 258 valence electrons. The second kappa shape index (κ2) is 15.1. The predicted molar refractivity (Wildman–Crippen MR) is 176 cm³/mol. The van der Waals surface area contributed by atoms with Crippen molar-refractivity contribution < 1.29 is 28.8 Å². The first-order valence-electron chi connectivity index (χ1n) is 17.1. The number of carbonyl (C=O) groups is 6. The molecular formula is C35H57N5O6. The fourth-order valence-corrected chi connectivity index (χ4v) is 7.41. The normalized spacial score (nSPS) is 24.2. The van der Waals surface area contributed by atoms with Crippen molar-refractivity contribution in [3.63, 3.8) is 0 Å². The van der Waals surface area contributed by atoms with E-state index < -0.39 is 59.1 Å². The van der Waals surface area contributed by atoms with Gasteiger partial charge in [0.1, 0.15) is 12.1 Å². The number of rotatable bonds is 14. The number of piperidine rings is 1. The van der Waals surface area contributed by atoms with E-state index in [1.165, 1.54) is 11.0 Å². The van der Waals surface area contributed by atoms with Crippen molar-refractivity contribution in [3.8, 4) is 0 Å². The third-order valence-corrected chi connectivity index (χ3v) is 10.3. The van der Waals surface area contributed by atoms with Crippen molar-refractivity contribution in [2.45, 2.75) is 125 Å². The number of fused-ring (bicyclic) bond motifs is 1. The molecule has 0 spiro atoms. The summed E-state index contributed by atoms with van der Waals surface area (Å²) in [7, 11) is 0. The van der Waals surface area contributed by atoms with Gasteiger partial charge in [0.05, 0.1) is 12.1 Å². The second-order valence-electron chi connectivity index (χ2n) is 15.5. The van der Waals surface area contributed by atoms with Crippen LogP contribution in [0, 0.1) is 34.5 Å². The smallest absolute Gasteiger partial charge is 0.316 e. The van der Waals surface area contributed by atoms with Crippen LogP contribution in [0.25, 0.3) is 0 Å². The number of likely N-dealkylation sites (tertiary alicyclic amines) is 1. The Morgan fingerprint density at radius 1 is 0.978 bits per heavy atom. The van der Waals surface area contributed by atoms with Gasteiger partial charge in [0.25, 0.3) is 5.91 Å². The van der Waals surface area contributed by atoms with E-state index in [2.05, 4.69) is 41.7 Å². The molecule has 4 N–H and O–H groups in total. The molecule has 0 aromatic rings. The molecule has 3 rings (SSSR count). The highest BCUT2D eigenvalue weighted by molar-refractivity contribution is 6.38. The van der Waals surface area contributed by atoms with Crippen LogP contribution in [0.5, 0.6) is 0 Å². The fraction of sp³-hybridized carbons (Fsp3) is 0.771. The molecule has 11 heteroatoms. The minimum atomic E-state index is -1.03. The lowest BCUT2D eigenvalue weighted by molar-refractivity contribution is -0.145. The molecule has 0 bridgehead atoms. The van der Waals surface area contributed by atoms with Crippen LogP contribution in [-0.4, -0.2) is 77.5 Å². The summed E-state index contributed by atoms with van der Waals surface area (Å²) in [4.78, 5) is 81.9. The van der Waals surface area contributed by atoms with Gasteiger partial charge in [-0.25, -0.2) is 4.79 Å². The van der Waals surface area contributed by atoms with Crippen molar-refractivity contribution in [1.29, 1.82) is 0 Å². The van der Waals surface area contributed by atoms with E-state index in [0.29, 0.717) is 13.0 Å². The summed E-state index contributed by atoms with van der Waals surface area (Å²) < 4.78 is 0. The molecule has 0 radical (unpaired) electrons. The van der Waals surface area contributed by atoms with E-state index in [-0.39, 0.29) is 47.8 Å². The summed E-state index contributed by atoms with van der Waals surface area (Å²) in [6.07, 6.45) is 7.17. The summed E-state index contributed by atoms with van der Waals surface area (Å²) in [5.74, 6) is -2.67. The Kier molecular flexibility index (Phi) is 12.2. The first-order chi connectivity index (χ1) is 21.5. The highest BCUT2D eigenvalue weighted by Gasteiger charge is 2.70. The lowest BCUT2D eigenvalue weighted by Crippen LogP contribution is -2.62. The van der Waals surface area contributed by atoms with Crippen LogP contribution in [0.15, 0.2) is 12.7 Å². The van der Waals surface area contributed by atoms with Crippen LogP contribution in [0.4, 0.5) is 4.79 Å². The second-order valence-corrected chi connectivity index (χ2v) is 15.5. The van der Waals surface area contributed by atoms with E-state index >= 15 is 0 Å². The minimum absolute atomic E-state index is 0.0198. The zero-order chi connectivity index (χ0) is 34.6. The maximum absolute atomic E-state index is 14.3. The average molecular weight is 644 g/mol. The van der Waals surface area contributed by atoms with Crippen molar-refractivity contribution in [3.05, 3.63) is 12.7 Å². The first-order valence-corrected chi connectivity index (χ1v) is 17.1. The van der Waals surface area contributed by atoms with Crippen molar-refractivity contribution in [1.82, 2.24) is 26.2 Å². The molecule has 1 saturated heterocycles. The number of ketones is 2. The van der Waals surface area contributed by atoms with E-state index in [9.17, 15) is 28.8 Å². The molecule has 2 saturated carbocycles. The van der Waals surface area contributed by atoms with Crippen molar-refractivity contribution in [2.24, 2.45) is 34.5 Å². The summed E-state index contributed by atoms with van der Waals surface area (Å²) in [6.45, 7) is 19.2. The van der Waals surface area contributed by atoms with Gasteiger partial charge in [-0.2, -0.15) is 0 Å². The molecule has 11 nitrogen and oxygen atoms in total. The number of hydrogen-bond donors (Lipinski definition) is 4. The van der Waals surface area contributed by atoms with E-state index in [4.69, 9.17) is 0 Å². The number of Topliss-reactive ketones (excluding diaryl/α,β-unsaturated/α-hetero) is 2. The Labute approximate surface area is 274 Å². The van der Waals surface area contributed by atoms with E-state index in [1.54, 1.807) is 0 Å². The Bertz CT molecular complexity index is 1180. The molecule has 3 aliphatic rings. The number of amides is 5. The van der Waals surface area contributed by atoms with Gasteiger partial charge in [-0.15, -0.1) is 6.58 Å². The van der Waals surface area contributed by atoms with Gasteiger partial charge < -0.3 is 26.2 Å². The zero-order valence-electron chi connectivity index (χ0n) is 29.2. The van der Waals surface area contributed by atoms with Gasteiger partial charge in [-0.05, 0) is 47.8 Å². The number of hydrogen-bond acceptors (Lipinski definition) is 6. The van der Waals surface area contributed by atoms with E-state index in [1.807, 2.05) is 41.5 Å². The maximum Gasteiger partial charge on any atom is 0.316 e. The Balaban J connectivity index is 1.82. The monoisotopic (exact) mass is 643 g/mol. The third kappa shape index (κ3) is 8.37. The topological polar surface area (TPSA) is 154 Å². The molecule has 6 atom stereocenters. The molecule has 5 amide bonds. The average Bonchev–Trinajstić information content (AvgIpc) is 3.30. The van der Waals surface area contributed by atoms with Crippen molar-refractivity contribution >= 4 is 35.3 Å². The van der Waals surface area contributed by atoms with Gasteiger partial charge in [-0.1, -0.05) is 87.1 Å². The standard InChI is InChI=1S/C35H57N5O6/c1-10-15-23(28(42)31(44)36-18-11-2)37-30(43)26-24-22(35(24,8)9)19-40(26)32(45)29(34(5,6)7)39-33(46)38-25(27(41)20(3)4)21-16-13-12-14-17-21/h11,20-26,29H,2,10,12-19H2,1,3-9H3,(H,36,44)(H,37,43)(H2,38,39,46)/t22-,23?,24-,25-,26-,29+/m0/s1. The Morgan fingerprint density at radius 3 is 2.15 bits per heavy atom. The summed E-state index contributed by atoms with van der Waals surface area (Å²) in [6, 6.07) is -4.09. The van der Waals surface area contributed by atoms with Crippen LogP contribution in [-0.2, 0) is 24.0 Å². The van der Waals surface area contributed by atoms with Crippen LogP contribution < -0.4 is 21.3 Å². The number of nitrogens with zero attached hydrogens (tertiary/aromatic N) is 1. The van der Waals surface area contributed by atoms with Gasteiger partial charge in [0, 0.05) is 19.0 Å². The molecule has 3 fully saturated rings. The van der Waals surface area contributed by atoms with Crippen molar-refractivity contribution in [2.75, 3.05) is 13.1 Å². The summed E-state index contributed by atoms with van der Waals surface area (Å²) in [5.41, 5.74) is -0.902. The predicted octanol–water partition coefficient (Wildman–Crippen LogP) is 3.51. The highest BCUT2D eigenvalue weighted by atomic mass is 16.2. The number of urea groups is 1. The lowest BCUT2D eigenvalue weighted by atomic mass is 9.80. The zero-order valence-corrected chi connectivity index (χ0v) is 29.2. The van der Waals surface area contributed by atoms with Gasteiger partial charge in [0.2, 0.25) is 17.6 Å². The minimum Gasteiger partial charge on any atom is -0.346 e. The Hall–Kier alpha value is -3.24. The fourth-order valence-electron chi connectivity index (χ4n) is 7.41. The van der Waals surface area contributed by atoms with Gasteiger partial charge in [0.15, 0.2) is 5.78 Å². The SMILES string of the molecule is C=CCNC(=O)C(=O)C(CCC)NC(=O)[C@@H]1[C@@H]2[C@H](CN1C(=O)[C@@H](NC(=O)N[C@H](C(=O)C(C)C)C1CCCCC1)C(C)(C)C)C2(C)C. The van der Waals surface area contributed by atoms with Crippen LogP contribution in [0.2, 0.25) is 0 Å². The Morgan fingerprint density at radius 2 is 1.61 bits per heavy atom. The van der Waals surface area contributed by atoms with Crippen LogP contribution in [0.1, 0.15) is 100 Å². The molecule has 1 unspecified atom stereocenters. The molecule has 1 heterocycles. The van der Waals surface area contributed by atoms with Gasteiger partial charge >= 0.3 is 6.03 Å². The molecular weight excluding hydrogens is 586 g/mol. The number of nitrogens with one attached hydrogen (secondary N) is 4. The molecule has 46 heavy (non-hydrogen) atoms. The van der Waals surface area contributed by atoms with Crippen LogP contribution >= 0.6 is 0 Å². The van der Waals surface area contributed by atoms with Crippen LogP contribution in [0.3, 0.4) is 0 Å².